The predicted molar refractivity (Wildman–Crippen MR) is 88.7 cm³/mol. The smallest absolute Gasteiger partial charge is 0.126 e. The van der Waals surface area contributed by atoms with Gasteiger partial charge >= 0.3 is 0 Å². The molecule has 0 aliphatic carbocycles. The summed E-state index contributed by atoms with van der Waals surface area (Å²) in [7, 11) is 0. The van der Waals surface area contributed by atoms with E-state index in [9.17, 15) is 0 Å². The predicted octanol–water partition coefficient (Wildman–Crippen LogP) is 5.42. The van der Waals surface area contributed by atoms with Crippen LogP contribution in [0.4, 0.5) is 0 Å². The second kappa shape index (κ2) is 7.02. The first-order chi connectivity index (χ1) is 10.0. The van der Waals surface area contributed by atoms with Crippen LogP contribution in [0.5, 0.6) is 5.75 Å². The summed E-state index contributed by atoms with van der Waals surface area (Å²) in [4.78, 5) is 0. The summed E-state index contributed by atoms with van der Waals surface area (Å²) >= 11 is 6.41. The number of hydrogen-bond acceptors (Lipinski definition) is 2. The molecule has 0 radical (unpaired) electrons. The molecule has 1 aliphatic rings. The number of epoxide rings is 1. The number of hydrogen-bond donors (Lipinski definition) is 0. The topological polar surface area (TPSA) is 21.8 Å². The summed E-state index contributed by atoms with van der Waals surface area (Å²) in [6.45, 7) is 11.3. The highest BCUT2D eigenvalue weighted by atomic mass is 35.5. The molecular formula is C18H27ClO2. The van der Waals surface area contributed by atoms with E-state index in [0.717, 1.165) is 41.2 Å². The number of halogens is 1. The molecule has 3 heteroatoms. The molecule has 1 saturated heterocycles. The minimum atomic E-state index is 0.410. The van der Waals surface area contributed by atoms with Gasteiger partial charge in [0.25, 0.3) is 0 Å². The van der Waals surface area contributed by atoms with Crippen LogP contribution in [0.1, 0.15) is 62.6 Å². The molecule has 0 amide bonds. The molecule has 1 aliphatic heterocycles. The minimum Gasteiger partial charge on any atom is -0.493 e. The fourth-order valence-electron chi connectivity index (χ4n) is 3.22. The molecule has 1 heterocycles. The number of rotatable bonds is 7. The van der Waals surface area contributed by atoms with Crippen LogP contribution in [0.3, 0.4) is 0 Å². The average Bonchev–Trinajstić information content (AvgIpc) is 3.21. The highest BCUT2D eigenvalue weighted by molar-refractivity contribution is 6.31. The van der Waals surface area contributed by atoms with Crippen LogP contribution >= 0.6 is 11.6 Å². The molecular weight excluding hydrogens is 284 g/mol. The third kappa shape index (κ3) is 3.54. The zero-order chi connectivity index (χ0) is 15.6. The summed E-state index contributed by atoms with van der Waals surface area (Å²) in [5, 5.41) is 0.841. The molecule has 1 fully saturated rings. The van der Waals surface area contributed by atoms with Crippen LogP contribution in [-0.2, 0) is 4.74 Å². The first-order valence-electron chi connectivity index (χ1n) is 8.11. The molecule has 2 nitrogen and oxygen atoms in total. The zero-order valence-electron chi connectivity index (χ0n) is 13.8. The van der Waals surface area contributed by atoms with E-state index < -0.39 is 0 Å². The van der Waals surface area contributed by atoms with E-state index in [4.69, 9.17) is 21.1 Å². The lowest BCUT2D eigenvalue weighted by Gasteiger charge is -2.23. The van der Waals surface area contributed by atoms with E-state index >= 15 is 0 Å². The first-order valence-corrected chi connectivity index (χ1v) is 8.48. The highest BCUT2D eigenvalue weighted by Crippen LogP contribution is 2.43. The van der Waals surface area contributed by atoms with Crippen molar-refractivity contribution in [3.8, 4) is 5.75 Å². The Morgan fingerprint density at radius 3 is 2.48 bits per heavy atom. The molecule has 0 spiro atoms. The van der Waals surface area contributed by atoms with Gasteiger partial charge in [0.2, 0.25) is 0 Å². The second-order valence-electron chi connectivity index (χ2n) is 5.94. The average molecular weight is 311 g/mol. The lowest BCUT2D eigenvalue weighted by atomic mass is 9.86. The Labute approximate surface area is 133 Å². The van der Waals surface area contributed by atoms with E-state index in [1.54, 1.807) is 0 Å². The van der Waals surface area contributed by atoms with E-state index in [1.807, 2.05) is 13.0 Å². The highest BCUT2D eigenvalue weighted by Gasteiger charge is 2.39. The molecule has 0 saturated carbocycles. The summed E-state index contributed by atoms with van der Waals surface area (Å²) in [5.74, 6) is 1.48. The fourth-order valence-corrected chi connectivity index (χ4v) is 3.48. The van der Waals surface area contributed by atoms with E-state index in [0.29, 0.717) is 24.7 Å². The van der Waals surface area contributed by atoms with Crippen molar-refractivity contribution >= 4 is 11.6 Å². The van der Waals surface area contributed by atoms with Crippen molar-refractivity contribution in [2.45, 2.75) is 72.0 Å². The van der Waals surface area contributed by atoms with Gasteiger partial charge in [-0.05, 0) is 63.1 Å². The molecule has 1 aromatic carbocycles. The van der Waals surface area contributed by atoms with Gasteiger partial charge in [0.1, 0.15) is 5.75 Å². The first kappa shape index (κ1) is 16.6. The van der Waals surface area contributed by atoms with E-state index in [-0.39, 0.29) is 0 Å². The summed E-state index contributed by atoms with van der Waals surface area (Å²) < 4.78 is 11.7. The van der Waals surface area contributed by atoms with Gasteiger partial charge in [-0.1, -0.05) is 25.4 Å². The second-order valence-corrected chi connectivity index (χ2v) is 6.35. The summed E-state index contributed by atoms with van der Waals surface area (Å²) in [5.41, 5.74) is 3.57. The zero-order valence-corrected chi connectivity index (χ0v) is 14.6. The van der Waals surface area contributed by atoms with Gasteiger partial charge in [0, 0.05) is 10.6 Å². The van der Waals surface area contributed by atoms with Crippen LogP contribution in [0.25, 0.3) is 0 Å². The van der Waals surface area contributed by atoms with Crippen LogP contribution < -0.4 is 4.74 Å². The van der Waals surface area contributed by atoms with Crippen LogP contribution in [0.2, 0.25) is 5.02 Å². The third-order valence-corrected chi connectivity index (χ3v) is 4.90. The van der Waals surface area contributed by atoms with Crippen LogP contribution in [0, 0.1) is 13.8 Å². The maximum absolute atomic E-state index is 6.41. The Balaban J connectivity index is 2.34. The molecule has 2 rings (SSSR count). The van der Waals surface area contributed by atoms with Crippen molar-refractivity contribution < 1.29 is 9.47 Å². The largest absolute Gasteiger partial charge is 0.493 e. The Hall–Kier alpha value is -0.730. The lowest BCUT2D eigenvalue weighted by Crippen LogP contribution is -2.10. The van der Waals surface area contributed by atoms with Gasteiger partial charge in [-0.3, -0.25) is 0 Å². The van der Waals surface area contributed by atoms with Gasteiger partial charge in [0.15, 0.2) is 0 Å². The molecule has 0 N–H and O–H groups in total. The van der Waals surface area contributed by atoms with Crippen molar-refractivity contribution in [1.29, 1.82) is 0 Å². The third-order valence-electron chi connectivity index (χ3n) is 4.50. The molecule has 21 heavy (non-hydrogen) atoms. The van der Waals surface area contributed by atoms with Gasteiger partial charge in [-0.15, -0.1) is 0 Å². The van der Waals surface area contributed by atoms with Crippen molar-refractivity contribution in [2.24, 2.45) is 0 Å². The van der Waals surface area contributed by atoms with E-state index in [1.165, 1.54) is 5.56 Å². The molecule has 3 unspecified atom stereocenters. The van der Waals surface area contributed by atoms with Crippen molar-refractivity contribution in [1.82, 2.24) is 0 Å². The lowest BCUT2D eigenvalue weighted by molar-refractivity contribution is 0.323. The van der Waals surface area contributed by atoms with Gasteiger partial charge in [-0.2, -0.15) is 0 Å². The monoisotopic (exact) mass is 310 g/mol. The maximum Gasteiger partial charge on any atom is 0.126 e. The Bertz CT molecular complexity index is 498. The molecule has 118 valence electrons. The molecule has 0 bridgehead atoms. The minimum absolute atomic E-state index is 0.410. The maximum atomic E-state index is 6.41. The Kier molecular flexibility index (Phi) is 5.56. The number of benzene rings is 1. The van der Waals surface area contributed by atoms with Gasteiger partial charge in [-0.25, -0.2) is 0 Å². The van der Waals surface area contributed by atoms with Gasteiger partial charge < -0.3 is 9.47 Å². The SMILES string of the molecule is CCOc1c(C)cc(Cl)c(C)c1C(CC)CC1OC1CC. The molecule has 0 aromatic heterocycles. The Morgan fingerprint density at radius 2 is 1.95 bits per heavy atom. The quantitative estimate of drug-likeness (QED) is 0.627. The normalized spacial score (nSPS) is 22.2. The summed E-state index contributed by atoms with van der Waals surface area (Å²) in [6.07, 6.45) is 4.11. The molecule has 1 aromatic rings. The van der Waals surface area contributed by atoms with Crippen molar-refractivity contribution in [3.05, 3.63) is 27.8 Å². The fraction of sp³-hybridized carbons (Fsp3) is 0.667. The standard InChI is InChI=1S/C18H27ClO2/c1-6-13(10-16-15(7-2)21-16)17-12(5)14(19)9-11(4)18(17)20-8-3/h9,13,15-16H,6-8,10H2,1-5H3. The van der Waals surface area contributed by atoms with Crippen molar-refractivity contribution in [2.75, 3.05) is 6.61 Å². The van der Waals surface area contributed by atoms with Gasteiger partial charge in [0.05, 0.1) is 18.8 Å². The Morgan fingerprint density at radius 1 is 1.24 bits per heavy atom. The van der Waals surface area contributed by atoms with Crippen LogP contribution in [-0.4, -0.2) is 18.8 Å². The van der Waals surface area contributed by atoms with E-state index in [2.05, 4.69) is 27.7 Å². The van der Waals surface area contributed by atoms with Crippen molar-refractivity contribution in [3.63, 3.8) is 0 Å². The van der Waals surface area contributed by atoms with Crippen LogP contribution in [0.15, 0.2) is 6.07 Å². The number of aryl methyl sites for hydroxylation is 1. The summed E-state index contributed by atoms with van der Waals surface area (Å²) in [6, 6.07) is 2.01. The molecule has 3 atom stereocenters. The number of ether oxygens (including phenoxy) is 2.